The SMILES string of the molecule is Cc1ccc(NC(=O)c2ccc(CN3CCN(C)CC3)c(C(F)(F)F)c2)cc1N(C)c1cnc2[nH]ccc2c1. The lowest BCUT2D eigenvalue weighted by Gasteiger charge is -2.33. The van der Waals surface area contributed by atoms with Gasteiger partial charge in [0.15, 0.2) is 0 Å². The van der Waals surface area contributed by atoms with E-state index < -0.39 is 17.6 Å². The van der Waals surface area contributed by atoms with Crippen molar-refractivity contribution >= 4 is 34.0 Å². The van der Waals surface area contributed by atoms with E-state index in [-0.39, 0.29) is 17.7 Å². The molecule has 0 radical (unpaired) electrons. The summed E-state index contributed by atoms with van der Waals surface area (Å²) in [6.45, 7) is 5.18. The van der Waals surface area contributed by atoms with Gasteiger partial charge in [0.05, 0.1) is 17.4 Å². The van der Waals surface area contributed by atoms with Crippen molar-refractivity contribution in [2.45, 2.75) is 19.6 Å². The van der Waals surface area contributed by atoms with E-state index in [4.69, 9.17) is 0 Å². The van der Waals surface area contributed by atoms with Gasteiger partial charge in [0.1, 0.15) is 5.65 Å². The topological polar surface area (TPSA) is 67.5 Å². The molecule has 4 aromatic rings. The fourth-order valence-electron chi connectivity index (χ4n) is 4.87. The standard InChI is InChI=1S/C29H31F3N6O/c1-19-4-7-23(16-26(19)37(3)24-14-20-8-9-33-27(20)34-17-24)35-28(39)21-5-6-22(25(15-21)29(30,31)32)18-38-12-10-36(2)11-13-38/h4-9,14-17H,10-13,18H2,1-3H3,(H,33,34)(H,35,39). The van der Waals surface area contributed by atoms with Gasteiger partial charge < -0.3 is 20.1 Å². The normalized spacial score (nSPS) is 15.0. The third-order valence-electron chi connectivity index (χ3n) is 7.27. The Hall–Kier alpha value is -3.89. The van der Waals surface area contributed by atoms with Crippen LogP contribution in [0.5, 0.6) is 0 Å². The van der Waals surface area contributed by atoms with E-state index in [0.717, 1.165) is 47.1 Å². The number of aryl methyl sites for hydroxylation is 1. The van der Waals surface area contributed by atoms with Gasteiger partial charge >= 0.3 is 6.18 Å². The van der Waals surface area contributed by atoms with Crippen LogP contribution in [0.3, 0.4) is 0 Å². The highest BCUT2D eigenvalue weighted by Gasteiger charge is 2.34. The van der Waals surface area contributed by atoms with Gasteiger partial charge in [-0.15, -0.1) is 0 Å². The van der Waals surface area contributed by atoms with Crippen molar-refractivity contribution in [1.82, 2.24) is 19.8 Å². The van der Waals surface area contributed by atoms with Crippen LogP contribution < -0.4 is 10.2 Å². The first kappa shape index (κ1) is 26.7. The summed E-state index contributed by atoms with van der Waals surface area (Å²) in [6, 6.07) is 13.2. The van der Waals surface area contributed by atoms with Gasteiger partial charge in [-0.05, 0) is 61.5 Å². The number of hydrogen-bond donors (Lipinski definition) is 2. The maximum atomic E-state index is 14.0. The number of piperazine rings is 1. The molecule has 3 heterocycles. The van der Waals surface area contributed by atoms with Crippen LogP contribution in [0.2, 0.25) is 0 Å². The Morgan fingerprint density at radius 2 is 1.85 bits per heavy atom. The molecule has 0 spiro atoms. The first-order chi connectivity index (χ1) is 18.6. The molecule has 1 aliphatic heterocycles. The molecule has 0 aliphatic carbocycles. The summed E-state index contributed by atoms with van der Waals surface area (Å²) in [7, 11) is 3.90. The lowest BCUT2D eigenvalue weighted by molar-refractivity contribution is -0.138. The summed E-state index contributed by atoms with van der Waals surface area (Å²) >= 11 is 0. The highest BCUT2D eigenvalue weighted by Crippen LogP contribution is 2.34. The number of carbonyl (C=O) groups is 1. The summed E-state index contributed by atoms with van der Waals surface area (Å²) in [6.07, 6.45) is -0.982. The lowest BCUT2D eigenvalue weighted by Crippen LogP contribution is -2.44. The molecular formula is C29H31F3N6O. The van der Waals surface area contributed by atoms with Gasteiger partial charge in [-0.3, -0.25) is 9.69 Å². The minimum absolute atomic E-state index is 0.0398. The molecule has 204 valence electrons. The number of anilines is 3. The second-order valence-corrected chi connectivity index (χ2v) is 10.1. The molecule has 1 saturated heterocycles. The third-order valence-corrected chi connectivity index (χ3v) is 7.27. The Morgan fingerprint density at radius 3 is 2.59 bits per heavy atom. The van der Waals surface area contributed by atoms with Crippen LogP contribution in [0, 0.1) is 6.92 Å². The van der Waals surface area contributed by atoms with E-state index in [9.17, 15) is 18.0 Å². The molecule has 39 heavy (non-hydrogen) atoms. The monoisotopic (exact) mass is 536 g/mol. The Kier molecular flexibility index (Phi) is 7.33. The molecule has 1 fully saturated rings. The molecule has 0 atom stereocenters. The van der Waals surface area contributed by atoms with Gasteiger partial charge in [-0.1, -0.05) is 12.1 Å². The molecule has 2 aromatic carbocycles. The summed E-state index contributed by atoms with van der Waals surface area (Å²) in [5.74, 6) is -0.598. The van der Waals surface area contributed by atoms with Crippen molar-refractivity contribution in [2.24, 2.45) is 0 Å². The number of amides is 1. The maximum absolute atomic E-state index is 14.0. The van der Waals surface area contributed by atoms with Crippen molar-refractivity contribution in [1.29, 1.82) is 0 Å². The van der Waals surface area contributed by atoms with Gasteiger partial charge in [-0.25, -0.2) is 4.98 Å². The molecule has 10 heteroatoms. The van der Waals surface area contributed by atoms with Crippen LogP contribution in [-0.2, 0) is 12.7 Å². The molecule has 7 nitrogen and oxygen atoms in total. The number of alkyl halides is 3. The number of pyridine rings is 1. The Balaban J connectivity index is 1.36. The van der Waals surface area contributed by atoms with Crippen molar-refractivity contribution in [2.75, 3.05) is 50.5 Å². The molecule has 0 unspecified atom stereocenters. The Labute approximate surface area is 225 Å². The Bertz CT molecular complexity index is 1490. The number of aromatic amines is 1. The number of benzene rings is 2. The van der Waals surface area contributed by atoms with E-state index >= 15 is 0 Å². The zero-order valence-electron chi connectivity index (χ0n) is 22.1. The minimum Gasteiger partial charge on any atom is -0.346 e. The summed E-state index contributed by atoms with van der Waals surface area (Å²) in [5, 5.41) is 3.74. The summed E-state index contributed by atoms with van der Waals surface area (Å²) in [5.41, 5.74) is 3.31. The fourth-order valence-corrected chi connectivity index (χ4v) is 4.87. The Morgan fingerprint density at radius 1 is 1.08 bits per heavy atom. The van der Waals surface area contributed by atoms with E-state index in [1.165, 1.54) is 12.1 Å². The minimum atomic E-state index is -4.56. The van der Waals surface area contributed by atoms with Gasteiger partial charge in [0.25, 0.3) is 5.91 Å². The zero-order chi connectivity index (χ0) is 27.7. The summed E-state index contributed by atoms with van der Waals surface area (Å²) in [4.78, 5) is 26.7. The molecule has 5 rings (SSSR count). The van der Waals surface area contributed by atoms with Crippen molar-refractivity contribution in [3.05, 3.63) is 83.2 Å². The molecular weight excluding hydrogens is 505 g/mol. The van der Waals surface area contributed by atoms with E-state index in [2.05, 4.69) is 20.2 Å². The van der Waals surface area contributed by atoms with E-state index in [0.29, 0.717) is 18.8 Å². The number of nitrogens with zero attached hydrogens (tertiary/aromatic N) is 4. The predicted molar refractivity (Wildman–Crippen MR) is 148 cm³/mol. The van der Waals surface area contributed by atoms with Crippen LogP contribution in [0.25, 0.3) is 11.0 Å². The zero-order valence-corrected chi connectivity index (χ0v) is 22.1. The first-order valence-corrected chi connectivity index (χ1v) is 12.8. The van der Waals surface area contributed by atoms with E-state index in [1.54, 1.807) is 18.3 Å². The first-order valence-electron chi connectivity index (χ1n) is 12.8. The highest BCUT2D eigenvalue weighted by molar-refractivity contribution is 6.04. The van der Waals surface area contributed by atoms with Crippen molar-refractivity contribution in [3.8, 4) is 0 Å². The van der Waals surface area contributed by atoms with Crippen molar-refractivity contribution < 1.29 is 18.0 Å². The summed E-state index contributed by atoms with van der Waals surface area (Å²) < 4.78 is 42.0. The van der Waals surface area contributed by atoms with Crippen LogP contribution in [0.4, 0.5) is 30.2 Å². The van der Waals surface area contributed by atoms with E-state index in [1.807, 2.05) is 55.2 Å². The number of carbonyl (C=O) groups excluding carboxylic acids is 1. The van der Waals surface area contributed by atoms with Crippen molar-refractivity contribution in [3.63, 3.8) is 0 Å². The molecule has 0 bridgehead atoms. The number of fused-ring (bicyclic) bond motifs is 1. The molecule has 0 saturated carbocycles. The number of likely N-dealkylation sites (N-methyl/N-ethyl adjacent to an activating group) is 1. The molecule has 1 aliphatic rings. The third kappa shape index (κ3) is 5.91. The number of aromatic nitrogens is 2. The number of rotatable bonds is 6. The van der Waals surface area contributed by atoms with Crippen LogP contribution >= 0.6 is 0 Å². The second-order valence-electron chi connectivity index (χ2n) is 10.1. The fraction of sp³-hybridized carbons (Fsp3) is 0.310. The smallest absolute Gasteiger partial charge is 0.346 e. The molecule has 2 aromatic heterocycles. The number of halogens is 3. The van der Waals surface area contributed by atoms with Crippen LogP contribution in [0.1, 0.15) is 27.0 Å². The van der Waals surface area contributed by atoms with Gasteiger partial charge in [0, 0.05) is 68.3 Å². The maximum Gasteiger partial charge on any atom is 0.416 e. The van der Waals surface area contributed by atoms with Gasteiger partial charge in [-0.2, -0.15) is 13.2 Å². The lowest BCUT2D eigenvalue weighted by atomic mass is 10.0. The average molecular weight is 537 g/mol. The second kappa shape index (κ2) is 10.7. The number of H-pyrrole nitrogens is 1. The molecule has 2 N–H and O–H groups in total. The van der Waals surface area contributed by atoms with Crippen LogP contribution in [0.15, 0.2) is 60.9 Å². The average Bonchev–Trinajstić information content (AvgIpc) is 3.38. The molecule has 1 amide bonds. The van der Waals surface area contributed by atoms with Gasteiger partial charge in [0.2, 0.25) is 0 Å². The largest absolute Gasteiger partial charge is 0.416 e. The highest BCUT2D eigenvalue weighted by atomic mass is 19.4. The number of hydrogen-bond acceptors (Lipinski definition) is 5. The quantitative estimate of drug-likeness (QED) is 0.333. The predicted octanol–water partition coefficient (Wildman–Crippen LogP) is 5.66. The number of nitrogens with one attached hydrogen (secondary N) is 2. The van der Waals surface area contributed by atoms with Crippen LogP contribution in [-0.4, -0.2) is 65.9 Å².